The van der Waals surface area contributed by atoms with Gasteiger partial charge in [-0.25, -0.2) is 0 Å². The van der Waals surface area contributed by atoms with E-state index in [4.69, 9.17) is 0 Å². The summed E-state index contributed by atoms with van der Waals surface area (Å²) in [5, 5.41) is 11.4. The van der Waals surface area contributed by atoms with Gasteiger partial charge in [-0.3, -0.25) is 4.79 Å². The molecule has 2 nitrogen and oxygen atoms in total. The Bertz CT molecular complexity index is 572. The minimum absolute atomic E-state index is 0.218. The normalized spacial score (nSPS) is 49.4. The molecule has 0 bridgehead atoms. The van der Waals surface area contributed by atoms with Crippen LogP contribution in [0.1, 0.15) is 65.2 Å². The van der Waals surface area contributed by atoms with Crippen LogP contribution in [0.25, 0.3) is 0 Å². The molecule has 3 saturated carbocycles. The van der Waals surface area contributed by atoms with Crippen LogP contribution in [0.5, 0.6) is 0 Å². The predicted octanol–water partition coefficient (Wildman–Crippen LogP) is 4.19. The lowest BCUT2D eigenvalue weighted by Gasteiger charge is -2.56. The Hall–Kier alpha value is -0.890. The smallest absolute Gasteiger partial charge is 0.155 e. The van der Waals surface area contributed by atoms with Gasteiger partial charge in [0.1, 0.15) is 0 Å². The molecule has 0 aromatic heterocycles. The fourth-order valence-corrected chi connectivity index (χ4v) is 6.51. The van der Waals surface area contributed by atoms with Gasteiger partial charge >= 0.3 is 0 Å². The average Bonchev–Trinajstić information content (AvgIpc) is 2.84. The van der Waals surface area contributed by atoms with Crippen molar-refractivity contribution < 1.29 is 9.90 Å². The first-order chi connectivity index (χ1) is 10.5. The minimum atomic E-state index is -0.670. The van der Waals surface area contributed by atoms with E-state index in [1.165, 1.54) is 25.7 Å². The molecule has 0 amide bonds. The maximum Gasteiger partial charge on any atom is 0.155 e. The van der Waals surface area contributed by atoms with Crippen LogP contribution < -0.4 is 0 Å². The maximum absolute atomic E-state index is 11.7. The summed E-state index contributed by atoms with van der Waals surface area (Å²) in [5.74, 6) is 1.98. The molecule has 120 valence electrons. The molecule has 1 N–H and O–H groups in total. The van der Waals surface area contributed by atoms with Gasteiger partial charge in [0.2, 0.25) is 0 Å². The van der Waals surface area contributed by atoms with Gasteiger partial charge in [0.25, 0.3) is 0 Å². The third-order valence-corrected chi connectivity index (χ3v) is 7.64. The summed E-state index contributed by atoms with van der Waals surface area (Å²) >= 11 is 0. The molecule has 0 heterocycles. The highest BCUT2D eigenvalue weighted by molar-refractivity contribution is 5.92. The highest BCUT2D eigenvalue weighted by Crippen LogP contribution is 2.64. The highest BCUT2D eigenvalue weighted by atomic mass is 16.3. The summed E-state index contributed by atoms with van der Waals surface area (Å²) in [6, 6.07) is 0. The number of hydrogen-bond acceptors (Lipinski definition) is 2. The van der Waals surface area contributed by atoms with E-state index in [1.807, 2.05) is 0 Å². The van der Waals surface area contributed by atoms with E-state index in [9.17, 15) is 9.90 Å². The monoisotopic (exact) mass is 300 g/mol. The number of rotatable bonds is 0. The zero-order chi connectivity index (χ0) is 15.5. The summed E-state index contributed by atoms with van der Waals surface area (Å²) in [6.45, 7) is 4.66. The van der Waals surface area contributed by atoms with Gasteiger partial charge in [-0.15, -0.1) is 0 Å². The Labute approximate surface area is 133 Å². The molecule has 5 atom stereocenters. The van der Waals surface area contributed by atoms with Crippen LogP contribution in [0.4, 0.5) is 0 Å². The Morgan fingerprint density at radius 3 is 2.73 bits per heavy atom. The third-order valence-electron chi connectivity index (χ3n) is 7.64. The molecule has 0 aromatic rings. The van der Waals surface area contributed by atoms with Crippen LogP contribution in [-0.4, -0.2) is 16.5 Å². The van der Waals surface area contributed by atoms with E-state index in [-0.39, 0.29) is 5.78 Å². The molecule has 0 spiro atoms. The molecular weight excluding hydrogens is 272 g/mol. The van der Waals surface area contributed by atoms with Crippen LogP contribution in [-0.2, 0) is 4.79 Å². The lowest BCUT2D eigenvalue weighted by Crippen LogP contribution is -2.54. The van der Waals surface area contributed by atoms with Crippen molar-refractivity contribution in [2.45, 2.75) is 70.8 Å². The number of fused-ring (bicyclic) bond motifs is 5. The number of ketones is 1. The second kappa shape index (κ2) is 4.80. The largest absolute Gasteiger partial charge is 0.385 e. The van der Waals surface area contributed by atoms with Crippen LogP contribution in [0.3, 0.4) is 0 Å². The molecule has 0 aliphatic heterocycles. The van der Waals surface area contributed by atoms with Crippen molar-refractivity contribution in [3.05, 3.63) is 23.3 Å². The fourth-order valence-electron chi connectivity index (χ4n) is 6.51. The lowest BCUT2D eigenvalue weighted by atomic mass is 9.50. The maximum atomic E-state index is 11.7. The Morgan fingerprint density at radius 2 is 1.95 bits per heavy atom. The van der Waals surface area contributed by atoms with Gasteiger partial charge in [-0.05, 0) is 86.7 Å². The molecule has 0 radical (unpaired) electrons. The van der Waals surface area contributed by atoms with Crippen molar-refractivity contribution >= 4 is 5.78 Å². The van der Waals surface area contributed by atoms with E-state index in [0.717, 1.165) is 24.3 Å². The zero-order valence-corrected chi connectivity index (χ0v) is 13.9. The van der Waals surface area contributed by atoms with Crippen molar-refractivity contribution in [3.8, 4) is 0 Å². The molecule has 3 fully saturated rings. The summed E-state index contributed by atoms with van der Waals surface area (Å²) in [4.78, 5) is 11.7. The molecule has 4 aliphatic rings. The fraction of sp³-hybridized carbons (Fsp3) is 0.750. The highest BCUT2D eigenvalue weighted by Gasteiger charge is 2.58. The second-order valence-corrected chi connectivity index (χ2v) is 8.28. The number of carbonyl (C=O) groups excluding carboxylic acids is 1. The van der Waals surface area contributed by atoms with Gasteiger partial charge in [-0.2, -0.15) is 0 Å². The van der Waals surface area contributed by atoms with Gasteiger partial charge in [-0.1, -0.05) is 18.6 Å². The van der Waals surface area contributed by atoms with E-state index in [0.29, 0.717) is 30.1 Å². The standard InChI is InChI=1S/C20H28O2/c1-3-13-5-7-17-16-6-4-14-12-15(21)8-11-20(14,22)18(16)9-10-19(13,17)2/h3,12,16-18,22H,4-11H2,1-2H3/b13-3-/t16?,17?,18?,19-,20-/m1/s1. The molecular formula is C20H28O2. The average molecular weight is 300 g/mol. The van der Waals surface area contributed by atoms with E-state index in [2.05, 4.69) is 19.9 Å². The molecule has 3 unspecified atom stereocenters. The molecule has 22 heavy (non-hydrogen) atoms. The predicted molar refractivity (Wildman–Crippen MR) is 87.3 cm³/mol. The third kappa shape index (κ3) is 1.79. The zero-order valence-electron chi connectivity index (χ0n) is 13.9. The van der Waals surface area contributed by atoms with E-state index < -0.39 is 5.60 Å². The van der Waals surface area contributed by atoms with Gasteiger partial charge in [0.05, 0.1) is 5.60 Å². The van der Waals surface area contributed by atoms with Crippen molar-refractivity contribution in [1.82, 2.24) is 0 Å². The SMILES string of the molecule is C/C=C1/CCC2C3CCC4=CC(=O)CC[C@]4(O)C3CC[C@]12C. The number of allylic oxidation sites excluding steroid dienone is 2. The summed E-state index contributed by atoms with van der Waals surface area (Å²) in [7, 11) is 0. The van der Waals surface area contributed by atoms with Crippen molar-refractivity contribution in [1.29, 1.82) is 0 Å². The first kappa shape index (κ1) is 14.7. The van der Waals surface area contributed by atoms with Crippen molar-refractivity contribution in [3.63, 3.8) is 0 Å². The number of aliphatic hydroxyl groups is 1. The second-order valence-electron chi connectivity index (χ2n) is 8.28. The summed E-state index contributed by atoms with van der Waals surface area (Å²) < 4.78 is 0. The van der Waals surface area contributed by atoms with Gasteiger partial charge < -0.3 is 5.11 Å². The van der Waals surface area contributed by atoms with E-state index >= 15 is 0 Å². The first-order valence-corrected chi connectivity index (χ1v) is 9.11. The Kier molecular flexibility index (Phi) is 3.21. The van der Waals surface area contributed by atoms with Crippen LogP contribution in [0, 0.1) is 23.2 Å². The molecule has 4 rings (SSSR count). The molecule has 4 aliphatic carbocycles. The number of hydrogen-bond donors (Lipinski definition) is 1. The van der Waals surface area contributed by atoms with Crippen molar-refractivity contribution in [2.75, 3.05) is 0 Å². The quantitative estimate of drug-likeness (QED) is 0.681. The van der Waals surface area contributed by atoms with E-state index in [1.54, 1.807) is 11.6 Å². The summed E-state index contributed by atoms with van der Waals surface area (Å²) in [5.41, 5.74) is 2.41. The molecule has 0 saturated heterocycles. The lowest BCUT2D eigenvalue weighted by molar-refractivity contribution is -0.123. The van der Waals surface area contributed by atoms with Crippen molar-refractivity contribution in [2.24, 2.45) is 23.2 Å². The Morgan fingerprint density at radius 1 is 1.14 bits per heavy atom. The molecule has 0 aromatic carbocycles. The van der Waals surface area contributed by atoms with Gasteiger partial charge in [0, 0.05) is 6.42 Å². The molecule has 2 heteroatoms. The van der Waals surface area contributed by atoms with Gasteiger partial charge in [0.15, 0.2) is 5.78 Å². The Balaban J connectivity index is 1.70. The number of carbonyl (C=O) groups is 1. The van der Waals surface area contributed by atoms with Crippen LogP contribution >= 0.6 is 0 Å². The first-order valence-electron chi connectivity index (χ1n) is 9.11. The van der Waals surface area contributed by atoms with Crippen LogP contribution in [0.2, 0.25) is 0 Å². The topological polar surface area (TPSA) is 37.3 Å². The summed E-state index contributed by atoms with van der Waals surface area (Å²) in [6.07, 6.45) is 12.3. The minimum Gasteiger partial charge on any atom is -0.385 e. The van der Waals surface area contributed by atoms with Crippen LogP contribution in [0.15, 0.2) is 23.3 Å².